The van der Waals surface area contributed by atoms with Gasteiger partial charge in [0.25, 0.3) is 0 Å². The van der Waals surface area contributed by atoms with Gasteiger partial charge in [0.15, 0.2) is 0 Å². The van der Waals surface area contributed by atoms with Crippen LogP contribution in [-0.4, -0.2) is 6.54 Å². The number of benzene rings is 1. The zero-order valence-corrected chi connectivity index (χ0v) is 11.6. The van der Waals surface area contributed by atoms with Crippen molar-refractivity contribution in [2.24, 2.45) is 5.92 Å². The van der Waals surface area contributed by atoms with Gasteiger partial charge < -0.3 is 5.32 Å². The minimum atomic E-state index is 0.256. The van der Waals surface area contributed by atoms with Crippen LogP contribution in [0.1, 0.15) is 57.7 Å². The predicted octanol–water partition coefficient (Wildman–Crippen LogP) is 4.04. The van der Waals surface area contributed by atoms with Crippen LogP contribution in [0.25, 0.3) is 0 Å². The Hall–Kier alpha value is -0.820. The lowest BCUT2D eigenvalue weighted by Gasteiger charge is -2.22. The van der Waals surface area contributed by atoms with E-state index in [-0.39, 0.29) is 5.41 Å². The van der Waals surface area contributed by atoms with Crippen molar-refractivity contribution in [3.05, 3.63) is 35.4 Å². The summed E-state index contributed by atoms with van der Waals surface area (Å²) in [4.78, 5) is 0. The summed E-state index contributed by atoms with van der Waals surface area (Å²) in [5.41, 5.74) is 3.14. The molecule has 1 aromatic rings. The Kier molecular flexibility index (Phi) is 3.58. The normalized spacial score (nSPS) is 25.2. The Morgan fingerprint density at radius 1 is 1.18 bits per heavy atom. The Bertz CT molecular complexity index is 358. The van der Waals surface area contributed by atoms with Crippen LogP contribution in [0, 0.1) is 5.92 Å². The summed E-state index contributed by atoms with van der Waals surface area (Å²) in [5, 5.41) is 3.63. The molecule has 0 saturated carbocycles. The lowest BCUT2D eigenvalue weighted by atomic mass is 9.85. The minimum Gasteiger partial charge on any atom is -0.310 e. The Morgan fingerprint density at radius 2 is 1.82 bits per heavy atom. The van der Waals surface area contributed by atoms with Gasteiger partial charge in [0.1, 0.15) is 0 Å². The second kappa shape index (κ2) is 4.81. The molecule has 1 heterocycles. The molecule has 1 saturated heterocycles. The molecule has 1 nitrogen and oxygen atoms in total. The van der Waals surface area contributed by atoms with Gasteiger partial charge in [-0.1, -0.05) is 58.4 Å². The highest BCUT2D eigenvalue weighted by Gasteiger charge is 2.26. The topological polar surface area (TPSA) is 12.0 Å². The van der Waals surface area contributed by atoms with Crippen molar-refractivity contribution in [2.75, 3.05) is 6.54 Å². The third kappa shape index (κ3) is 2.71. The van der Waals surface area contributed by atoms with Crippen LogP contribution >= 0.6 is 0 Å². The van der Waals surface area contributed by atoms with Crippen LogP contribution < -0.4 is 5.32 Å². The van der Waals surface area contributed by atoms with Crippen molar-refractivity contribution in [2.45, 2.75) is 52.0 Å². The van der Waals surface area contributed by atoms with Crippen LogP contribution in [0.2, 0.25) is 0 Å². The smallest absolute Gasteiger partial charge is 0.0349 e. The van der Waals surface area contributed by atoms with E-state index in [1.54, 1.807) is 0 Å². The lowest BCUT2D eigenvalue weighted by molar-refractivity contribution is 0.449. The molecule has 17 heavy (non-hydrogen) atoms. The average Bonchev–Trinajstić information content (AvgIpc) is 2.76. The van der Waals surface area contributed by atoms with Crippen molar-refractivity contribution >= 4 is 0 Å². The van der Waals surface area contributed by atoms with Crippen LogP contribution in [-0.2, 0) is 5.41 Å². The molecular weight excluding hydrogens is 206 g/mol. The number of nitrogens with one attached hydrogen (secondary N) is 1. The first-order valence-electron chi connectivity index (χ1n) is 6.86. The maximum absolute atomic E-state index is 3.63. The first-order chi connectivity index (χ1) is 8.02. The van der Waals surface area contributed by atoms with Crippen molar-refractivity contribution in [3.8, 4) is 0 Å². The van der Waals surface area contributed by atoms with Gasteiger partial charge >= 0.3 is 0 Å². The monoisotopic (exact) mass is 231 g/mol. The number of hydrogen-bond donors (Lipinski definition) is 1. The molecule has 94 valence electrons. The van der Waals surface area contributed by atoms with E-state index in [4.69, 9.17) is 0 Å². The first kappa shape index (κ1) is 12.6. The van der Waals surface area contributed by atoms with Gasteiger partial charge in [-0.05, 0) is 35.4 Å². The number of hydrogen-bond acceptors (Lipinski definition) is 1. The molecule has 0 aliphatic carbocycles. The van der Waals surface area contributed by atoms with E-state index in [1.807, 2.05) is 0 Å². The molecule has 1 aromatic carbocycles. The summed E-state index contributed by atoms with van der Waals surface area (Å²) in [5.74, 6) is 0.815. The van der Waals surface area contributed by atoms with Crippen molar-refractivity contribution in [3.63, 3.8) is 0 Å². The van der Waals surface area contributed by atoms with Gasteiger partial charge in [-0.25, -0.2) is 0 Å². The highest BCUT2D eigenvalue weighted by Crippen LogP contribution is 2.32. The third-order valence-corrected chi connectivity index (χ3v) is 4.01. The molecule has 2 unspecified atom stereocenters. The zero-order valence-electron chi connectivity index (χ0n) is 11.6. The maximum atomic E-state index is 3.63. The quantitative estimate of drug-likeness (QED) is 0.810. The summed E-state index contributed by atoms with van der Waals surface area (Å²) in [7, 11) is 0. The van der Waals surface area contributed by atoms with E-state index in [0.717, 1.165) is 5.92 Å². The SMILES string of the molecule is CCC1CCNC1c1ccc(C(C)(C)C)cc1. The zero-order chi connectivity index (χ0) is 12.5. The molecule has 1 heteroatoms. The summed E-state index contributed by atoms with van der Waals surface area (Å²) in [6, 6.07) is 9.79. The van der Waals surface area contributed by atoms with Crippen molar-refractivity contribution < 1.29 is 0 Å². The van der Waals surface area contributed by atoms with E-state index < -0.39 is 0 Å². The molecule has 1 aliphatic heterocycles. The second-order valence-electron chi connectivity index (χ2n) is 6.26. The van der Waals surface area contributed by atoms with Gasteiger partial charge in [0, 0.05) is 6.04 Å². The van der Waals surface area contributed by atoms with E-state index in [2.05, 4.69) is 57.3 Å². The Labute approximate surface area is 106 Å². The minimum absolute atomic E-state index is 0.256. The predicted molar refractivity (Wildman–Crippen MR) is 74.3 cm³/mol. The molecule has 0 amide bonds. The highest BCUT2D eigenvalue weighted by atomic mass is 14.9. The molecule has 2 atom stereocenters. The van der Waals surface area contributed by atoms with Crippen LogP contribution in [0.3, 0.4) is 0 Å². The van der Waals surface area contributed by atoms with Crippen LogP contribution in [0.15, 0.2) is 24.3 Å². The van der Waals surface area contributed by atoms with Gasteiger partial charge in [-0.15, -0.1) is 0 Å². The fourth-order valence-corrected chi connectivity index (χ4v) is 2.78. The molecule has 1 aliphatic rings. The van der Waals surface area contributed by atoms with Crippen LogP contribution in [0.5, 0.6) is 0 Å². The van der Waals surface area contributed by atoms with Gasteiger partial charge in [0.2, 0.25) is 0 Å². The van der Waals surface area contributed by atoms with Crippen molar-refractivity contribution in [1.82, 2.24) is 5.32 Å². The second-order valence-corrected chi connectivity index (χ2v) is 6.26. The lowest BCUT2D eigenvalue weighted by Crippen LogP contribution is -2.18. The van der Waals surface area contributed by atoms with Crippen molar-refractivity contribution in [1.29, 1.82) is 0 Å². The molecule has 0 aromatic heterocycles. The fourth-order valence-electron chi connectivity index (χ4n) is 2.78. The third-order valence-electron chi connectivity index (χ3n) is 4.01. The molecule has 1 fully saturated rings. The maximum Gasteiger partial charge on any atom is 0.0349 e. The molecule has 0 bridgehead atoms. The molecule has 1 N–H and O–H groups in total. The summed E-state index contributed by atoms with van der Waals surface area (Å²) in [6.07, 6.45) is 2.60. The largest absolute Gasteiger partial charge is 0.310 e. The van der Waals surface area contributed by atoms with Gasteiger partial charge in [-0.2, -0.15) is 0 Å². The summed E-state index contributed by atoms with van der Waals surface area (Å²) in [6.45, 7) is 10.3. The standard InChI is InChI=1S/C16H25N/c1-5-12-10-11-17-15(12)13-6-8-14(9-7-13)16(2,3)4/h6-9,12,15,17H,5,10-11H2,1-4H3. The van der Waals surface area contributed by atoms with Gasteiger partial charge in [-0.3, -0.25) is 0 Å². The van der Waals surface area contributed by atoms with E-state index in [1.165, 1.54) is 30.5 Å². The van der Waals surface area contributed by atoms with E-state index in [9.17, 15) is 0 Å². The molecular formula is C16H25N. The summed E-state index contributed by atoms with van der Waals surface area (Å²) < 4.78 is 0. The molecule has 0 radical (unpaired) electrons. The van der Waals surface area contributed by atoms with Gasteiger partial charge in [0.05, 0.1) is 0 Å². The fraction of sp³-hybridized carbons (Fsp3) is 0.625. The Balaban J connectivity index is 2.18. The first-order valence-corrected chi connectivity index (χ1v) is 6.86. The summed E-state index contributed by atoms with van der Waals surface area (Å²) >= 11 is 0. The highest BCUT2D eigenvalue weighted by molar-refractivity contribution is 5.30. The van der Waals surface area contributed by atoms with E-state index in [0.29, 0.717) is 6.04 Å². The average molecular weight is 231 g/mol. The van der Waals surface area contributed by atoms with E-state index >= 15 is 0 Å². The van der Waals surface area contributed by atoms with Crippen LogP contribution in [0.4, 0.5) is 0 Å². The number of rotatable bonds is 2. The molecule has 2 rings (SSSR count). The molecule has 0 spiro atoms. The Morgan fingerprint density at radius 3 is 2.35 bits per heavy atom.